The van der Waals surface area contributed by atoms with Crippen LogP contribution in [0.3, 0.4) is 0 Å². The van der Waals surface area contributed by atoms with Crippen molar-refractivity contribution in [3.8, 4) is 17.0 Å². The van der Waals surface area contributed by atoms with E-state index in [1.165, 1.54) is 26.1 Å². The lowest BCUT2D eigenvalue weighted by Gasteiger charge is -2.33. The number of ether oxygens (including phenoxy) is 1. The van der Waals surface area contributed by atoms with Gasteiger partial charge in [0.15, 0.2) is 0 Å². The zero-order valence-corrected chi connectivity index (χ0v) is 19.3. The Bertz CT molecular complexity index is 1150. The van der Waals surface area contributed by atoms with Crippen LogP contribution in [0.15, 0.2) is 54.6 Å². The van der Waals surface area contributed by atoms with E-state index in [1.54, 1.807) is 44.2 Å². The number of nitrogens with zero attached hydrogens (tertiary/aromatic N) is 2. The van der Waals surface area contributed by atoms with Gasteiger partial charge in [-0.05, 0) is 49.6 Å². The van der Waals surface area contributed by atoms with Crippen LogP contribution in [0.4, 0.5) is 22.4 Å². The molecule has 0 aliphatic heterocycles. The average Bonchev–Trinajstić information content (AvgIpc) is 3.05. The Labute approximate surface area is 195 Å². The van der Waals surface area contributed by atoms with Crippen molar-refractivity contribution in [3.63, 3.8) is 0 Å². The van der Waals surface area contributed by atoms with E-state index in [0.29, 0.717) is 5.56 Å². The number of amides is 1. The molecule has 1 N–H and O–H groups in total. The van der Waals surface area contributed by atoms with Gasteiger partial charge in [-0.25, -0.2) is 9.18 Å². The van der Waals surface area contributed by atoms with Crippen molar-refractivity contribution in [2.24, 2.45) is 0 Å². The first-order valence-electron chi connectivity index (χ1n) is 10.5. The molecule has 0 saturated carbocycles. The van der Waals surface area contributed by atoms with E-state index in [4.69, 9.17) is 4.74 Å². The highest BCUT2D eigenvalue weighted by Gasteiger charge is 2.41. The highest BCUT2D eigenvalue weighted by molar-refractivity contribution is 5.80. The molecule has 5 nitrogen and oxygen atoms in total. The largest absolute Gasteiger partial charge is 0.431 e. The minimum atomic E-state index is -4.76. The summed E-state index contributed by atoms with van der Waals surface area (Å²) in [6, 6.07) is 13.4. The standard InChI is InChI=1S/C25H26F4N2O3/c1-16-20(18-10-12-19(26)13-11-18)22(34-23(33)30(4)24(2,3)15-32)31(21(16)25(27,28)29)14-17-8-6-5-7-9-17/h5-13,32H,14-15H2,1-4H3. The number of benzene rings is 2. The SMILES string of the molecule is Cc1c(-c2ccc(F)cc2)c(OC(=O)N(C)C(C)(C)CO)n(Cc2ccccc2)c1C(F)(F)F. The zero-order valence-electron chi connectivity index (χ0n) is 19.3. The number of carbonyl (C=O) groups is 1. The van der Waals surface area contributed by atoms with Crippen molar-refractivity contribution < 1.29 is 32.2 Å². The van der Waals surface area contributed by atoms with Crippen molar-refractivity contribution in [2.75, 3.05) is 13.7 Å². The molecule has 0 atom stereocenters. The number of aliphatic hydroxyl groups is 1. The predicted octanol–water partition coefficient (Wildman–Crippen LogP) is 5.87. The first-order valence-corrected chi connectivity index (χ1v) is 10.5. The number of halogens is 4. The summed E-state index contributed by atoms with van der Waals surface area (Å²) in [5.74, 6) is -0.866. The molecule has 34 heavy (non-hydrogen) atoms. The van der Waals surface area contributed by atoms with E-state index in [2.05, 4.69) is 0 Å². The van der Waals surface area contributed by atoms with Crippen LogP contribution in [0.25, 0.3) is 11.1 Å². The molecule has 9 heteroatoms. The number of rotatable bonds is 6. The maximum Gasteiger partial charge on any atom is 0.431 e. The highest BCUT2D eigenvalue weighted by Crippen LogP contribution is 2.45. The first kappa shape index (κ1) is 25.3. The molecule has 1 aromatic heterocycles. The third kappa shape index (κ3) is 5.09. The van der Waals surface area contributed by atoms with Crippen molar-refractivity contribution >= 4 is 6.09 Å². The Morgan fingerprint density at radius 2 is 1.65 bits per heavy atom. The second-order valence-corrected chi connectivity index (χ2v) is 8.63. The average molecular weight is 478 g/mol. The molecule has 1 amide bonds. The summed E-state index contributed by atoms with van der Waals surface area (Å²) in [5.41, 5.74) is -1.28. The second-order valence-electron chi connectivity index (χ2n) is 8.63. The van der Waals surface area contributed by atoms with Crippen LogP contribution in [0.1, 0.15) is 30.7 Å². The molecule has 0 aliphatic rings. The maximum absolute atomic E-state index is 14.3. The van der Waals surface area contributed by atoms with Gasteiger partial charge in [0.05, 0.1) is 18.7 Å². The molecular formula is C25H26F4N2O3. The van der Waals surface area contributed by atoms with Gasteiger partial charge in [-0.1, -0.05) is 42.5 Å². The minimum Gasteiger partial charge on any atom is -0.394 e. The normalized spacial score (nSPS) is 12.0. The quantitative estimate of drug-likeness (QED) is 0.451. The molecule has 3 aromatic rings. The van der Waals surface area contributed by atoms with Crippen molar-refractivity contribution in [3.05, 3.63) is 77.2 Å². The van der Waals surface area contributed by atoms with Crippen LogP contribution in [0.5, 0.6) is 5.88 Å². The molecule has 0 unspecified atom stereocenters. The molecule has 0 bridgehead atoms. The van der Waals surface area contributed by atoms with E-state index in [-0.39, 0.29) is 35.7 Å². The topological polar surface area (TPSA) is 54.7 Å². The van der Waals surface area contributed by atoms with E-state index in [0.717, 1.165) is 21.6 Å². The van der Waals surface area contributed by atoms with Crippen LogP contribution in [0, 0.1) is 12.7 Å². The van der Waals surface area contributed by atoms with Crippen LogP contribution >= 0.6 is 0 Å². The predicted molar refractivity (Wildman–Crippen MR) is 120 cm³/mol. The molecule has 0 saturated heterocycles. The third-order valence-corrected chi connectivity index (χ3v) is 5.80. The van der Waals surface area contributed by atoms with Crippen molar-refractivity contribution in [1.29, 1.82) is 0 Å². The van der Waals surface area contributed by atoms with Gasteiger partial charge < -0.3 is 19.3 Å². The molecule has 0 spiro atoms. The van der Waals surface area contributed by atoms with Crippen LogP contribution in [0.2, 0.25) is 0 Å². The molecule has 3 rings (SSSR count). The smallest absolute Gasteiger partial charge is 0.394 e. The first-order chi connectivity index (χ1) is 15.9. The maximum atomic E-state index is 14.3. The van der Waals surface area contributed by atoms with Crippen molar-refractivity contribution in [2.45, 2.75) is 39.0 Å². The van der Waals surface area contributed by atoms with Gasteiger partial charge in [0, 0.05) is 12.6 Å². The van der Waals surface area contributed by atoms with Gasteiger partial charge in [0.1, 0.15) is 11.5 Å². The van der Waals surface area contributed by atoms with Gasteiger partial charge >= 0.3 is 12.3 Å². The summed E-state index contributed by atoms with van der Waals surface area (Å²) in [6.45, 7) is 3.87. The Morgan fingerprint density at radius 1 is 1.06 bits per heavy atom. The van der Waals surface area contributed by atoms with E-state index < -0.39 is 29.3 Å². The van der Waals surface area contributed by atoms with Gasteiger partial charge in [-0.3, -0.25) is 0 Å². The minimum absolute atomic E-state index is 0.0341. The molecule has 182 valence electrons. The second kappa shape index (κ2) is 9.50. The molecule has 2 aromatic carbocycles. The molecular weight excluding hydrogens is 452 g/mol. The Balaban J connectivity index is 2.26. The van der Waals surface area contributed by atoms with E-state index in [9.17, 15) is 27.5 Å². The molecule has 0 radical (unpaired) electrons. The van der Waals surface area contributed by atoms with Crippen LogP contribution in [-0.4, -0.2) is 39.9 Å². The number of hydrogen-bond acceptors (Lipinski definition) is 3. The number of likely N-dealkylation sites (N-methyl/N-ethyl adjacent to an activating group) is 1. The molecule has 0 aliphatic carbocycles. The Morgan fingerprint density at radius 3 is 2.18 bits per heavy atom. The zero-order chi connectivity index (χ0) is 25.3. The fourth-order valence-electron chi connectivity index (χ4n) is 3.57. The lowest BCUT2D eigenvalue weighted by molar-refractivity contribution is -0.144. The van der Waals surface area contributed by atoms with E-state index >= 15 is 0 Å². The summed E-state index contributed by atoms with van der Waals surface area (Å²) in [6.07, 6.45) is -5.70. The van der Waals surface area contributed by atoms with Gasteiger partial charge in [-0.2, -0.15) is 13.2 Å². The van der Waals surface area contributed by atoms with Gasteiger partial charge in [0.2, 0.25) is 5.88 Å². The van der Waals surface area contributed by atoms with Gasteiger partial charge in [0.25, 0.3) is 0 Å². The summed E-state index contributed by atoms with van der Waals surface area (Å²) in [5, 5.41) is 9.60. The molecule has 0 fully saturated rings. The monoisotopic (exact) mass is 478 g/mol. The summed E-state index contributed by atoms with van der Waals surface area (Å²) in [4.78, 5) is 14.1. The Kier molecular flexibility index (Phi) is 7.07. The van der Waals surface area contributed by atoms with Crippen LogP contribution < -0.4 is 4.74 Å². The highest BCUT2D eigenvalue weighted by atomic mass is 19.4. The lowest BCUT2D eigenvalue weighted by Crippen LogP contribution is -2.49. The summed E-state index contributed by atoms with van der Waals surface area (Å²) < 4.78 is 62.8. The molecule has 1 heterocycles. The summed E-state index contributed by atoms with van der Waals surface area (Å²) >= 11 is 0. The third-order valence-electron chi connectivity index (χ3n) is 5.80. The van der Waals surface area contributed by atoms with Gasteiger partial charge in [-0.15, -0.1) is 0 Å². The fraction of sp³-hybridized carbons (Fsp3) is 0.320. The lowest BCUT2D eigenvalue weighted by atomic mass is 10.0. The number of hydrogen-bond donors (Lipinski definition) is 1. The van der Waals surface area contributed by atoms with Crippen LogP contribution in [-0.2, 0) is 12.7 Å². The number of alkyl halides is 3. The summed E-state index contributed by atoms with van der Waals surface area (Å²) in [7, 11) is 1.39. The Hall–Kier alpha value is -3.33. The number of aromatic nitrogens is 1. The number of aliphatic hydroxyl groups excluding tert-OH is 1. The van der Waals surface area contributed by atoms with E-state index in [1.807, 2.05) is 0 Å². The fourth-order valence-corrected chi connectivity index (χ4v) is 3.57. The number of carbonyl (C=O) groups excluding carboxylic acids is 1. The van der Waals surface area contributed by atoms with Crippen molar-refractivity contribution in [1.82, 2.24) is 9.47 Å².